The molecule has 0 aromatic carbocycles. The molecule has 146 valence electrons. The molecule has 5 nitrogen and oxygen atoms in total. The van der Waals surface area contributed by atoms with Crippen molar-refractivity contribution in [2.24, 2.45) is 0 Å². The molecule has 0 saturated carbocycles. The molecule has 0 unspecified atom stereocenters. The number of nitrogens with one attached hydrogen (secondary N) is 2. The van der Waals surface area contributed by atoms with Gasteiger partial charge in [0.2, 0.25) is 0 Å². The molecule has 4 heterocycles. The van der Waals surface area contributed by atoms with Crippen molar-refractivity contribution in [1.82, 2.24) is 15.0 Å². The molecule has 0 atom stereocenters. The van der Waals surface area contributed by atoms with E-state index >= 15 is 0 Å². The highest BCUT2D eigenvalue weighted by Gasteiger charge is 2.26. The van der Waals surface area contributed by atoms with Gasteiger partial charge in [0, 0.05) is 41.7 Å². The Balaban J connectivity index is 1.49. The van der Waals surface area contributed by atoms with E-state index in [1.54, 1.807) is 11.1 Å². The summed E-state index contributed by atoms with van der Waals surface area (Å²) in [5.41, 5.74) is 2.48. The quantitative estimate of drug-likeness (QED) is 0.698. The number of piperidine rings is 1. The smallest absolute Gasteiger partial charge is 0.164 e. The predicted molar refractivity (Wildman–Crippen MR) is 115 cm³/mol. The maximum atomic E-state index is 5.01. The number of hydrogen-bond donors (Lipinski definition) is 2. The van der Waals surface area contributed by atoms with E-state index in [1.165, 1.54) is 74.0 Å². The zero-order valence-electron chi connectivity index (χ0n) is 16.5. The average molecular weight is 395 g/mol. The van der Waals surface area contributed by atoms with Gasteiger partial charge >= 0.3 is 0 Å². The topological polar surface area (TPSA) is 55.1 Å². The van der Waals surface area contributed by atoms with Crippen molar-refractivity contribution in [2.45, 2.75) is 51.5 Å². The van der Waals surface area contributed by atoms with E-state index in [9.17, 15) is 0 Å². The lowest BCUT2D eigenvalue weighted by Gasteiger charge is -2.30. The van der Waals surface area contributed by atoms with Crippen molar-refractivity contribution in [3.05, 3.63) is 35.0 Å². The van der Waals surface area contributed by atoms with E-state index in [0.29, 0.717) is 6.04 Å². The molecule has 0 bridgehead atoms. The van der Waals surface area contributed by atoms with Crippen LogP contribution in [0.3, 0.4) is 0 Å². The number of aromatic nitrogens is 3. The van der Waals surface area contributed by atoms with E-state index in [2.05, 4.69) is 17.2 Å². The van der Waals surface area contributed by atoms with Gasteiger partial charge < -0.3 is 10.2 Å². The first kappa shape index (κ1) is 18.0. The van der Waals surface area contributed by atoms with Gasteiger partial charge in [0.1, 0.15) is 10.6 Å². The minimum Gasteiger partial charge on any atom is -0.366 e. The van der Waals surface area contributed by atoms with Crippen LogP contribution in [0.1, 0.15) is 43.0 Å². The van der Waals surface area contributed by atoms with E-state index < -0.39 is 0 Å². The molecule has 1 aliphatic carbocycles. The van der Waals surface area contributed by atoms with Crippen molar-refractivity contribution in [1.29, 1.82) is 0 Å². The fourth-order valence-corrected chi connectivity index (χ4v) is 5.95. The number of likely N-dealkylation sites (tertiary alicyclic amines) is 1. The molecule has 3 aromatic heterocycles. The molecular formula is C22H28N5S+. The van der Waals surface area contributed by atoms with E-state index in [4.69, 9.17) is 9.97 Å². The van der Waals surface area contributed by atoms with E-state index in [-0.39, 0.29) is 0 Å². The molecule has 28 heavy (non-hydrogen) atoms. The summed E-state index contributed by atoms with van der Waals surface area (Å²) < 4.78 is 0. The fourth-order valence-electron chi connectivity index (χ4n) is 4.69. The highest BCUT2D eigenvalue weighted by atomic mass is 32.1. The Morgan fingerprint density at radius 3 is 2.89 bits per heavy atom. The summed E-state index contributed by atoms with van der Waals surface area (Å²) in [5.74, 6) is 1.84. The Morgan fingerprint density at radius 2 is 2.11 bits per heavy atom. The van der Waals surface area contributed by atoms with Crippen molar-refractivity contribution in [3.63, 3.8) is 0 Å². The second-order valence-electron chi connectivity index (χ2n) is 8.09. The minimum absolute atomic E-state index is 0.511. The highest BCUT2D eigenvalue weighted by Crippen LogP contribution is 2.40. The number of quaternary nitrogens is 1. The second kappa shape index (κ2) is 7.76. The zero-order chi connectivity index (χ0) is 18.9. The minimum atomic E-state index is 0.511. The molecule has 0 radical (unpaired) electrons. The molecule has 0 spiro atoms. The zero-order valence-corrected chi connectivity index (χ0v) is 17.3. The van der Waals surface area contributed by atoms with Crippen LogP contribution < -0.4 is 10.2 Å². The normalized spacial score (nSPS) is 21.8. The molecule has 2 N–H and O–H groups in total. The fraction of sp³-hybridized carbons (Fsp3) is 0.500. The van der Waals surface area contributed by atoms with E-state index in [1.807, 2.05) is 29.7 Å². The number of nitrogens with zero attached hydrogens (tertiary/aromatic N) is 3. The Labute approximate surface area is 170 Å². The van der Waals surface area contributed by atoms with Crippen LogP contribution in [0.4, 0.5) is 5.82 Å². The van der Waals surface area contributed by atoms with Crippen molar-refractivity contribution in [2.75, 3.05) is 25.0 Å². The molecular weight excluding hydrogens is 366 g/mol. The summed E-state index contributed by atoms with van der Waals surface area (Å²) in [5, 5.41) is 5.12. The van der Waals surface area contributed by atoms with Gasteiger partial charge in [-0.2, -0.15) is 0 Å². The number of pyridine rings is 1. The van der Waals surface area contributed by atoms with Gasteiger partial charge in [-0.3, -0.25) is 4.98 Å². The first-order valence-electron chi connectivity index (χ1n) is 10.6. The Bertz CT molecular complexity index is 960. The molecule has 0 amide bonds. The van der Waals surface area contributed by atoms with Gasteiger partial charge in [0.15, 0.2) is 5.82 Å². The van der Waals surface area contributed by atoms with Gasteiger partial charge in [-0.15, -0.1) is 11.3 Å². The third-order valence-electron chi connectivity index (χ3n) is 6.12. The van der Waals surface area contributed by atoms with Crippen LogP contribution in [0.2, 0.25) is 0 Å². The standard InChI is InChI=1S/C22H27N5S/c1-2-11-27-12-8-16(9-13-27)24-21-19-17-6-3-7-18(17)28-22(19)26-20(25-21)15-5-4-10-23-14-15/h4-5,10,14,16H,2-3,6-9,11-13H2,1H3,(H,24,25,26)/p+1. The Morgan fingerprint density at radius 1 is 1.21 bits per heavy atom. The van der Waals surface area contributed by atoms with Crippen LogP contribution in [0.15, 0.2) is 24.5 Å². The van der Waals surface area contributed by atoms with Gasteiger partial charge in [0.25, 0.3) is 0 Å². The maximum Gasteiger partial charge on any atom is 0.164 e. The van der Waals surface area contributed by atoms with Crippen molar-refractivity contribution >= 4 is 27.4 Å². The van der Waals surface area contributed by atoms with Crippen LogP contribution in [0.25, 0.3) is 21.6 Å². The lowest BCUT2D eigenvalue weighted by Crippen LogP contribution is -3.13. The van der Waals surface area contributed by atoms with Crippen LogP contribution in [-0.4, -0.2) is 40.6 Å². The lowest BCUT2D eigenvalue weighted by atomic mass is 10.0. The summed E-state index contributed by atoms with van der Waals surface area (Å²) >= 11 is 1.86. The Hall–Kier alpha value is -2.05. The van der Waals surface area contributed by atoms with Gasteiger partial charge in [-0.05, 0) is 43.4 Å². The highest BCUT2D eigenvalue weighted by molar-refractivity contribution is 7.19. The number of fused-ring (bicyclic) bond motifs is 3. The van der Waals surface area contributed by atoms with Crippen LogP contribution in [0, 0.1) is 0 Å². The molecule has 5 rings (SSSR count). The summed E-state index contributed by atoms with van der Waals surface area (Å²) in [4.78, 5) is 18.6. The maximum absolute atomic E-state index is 5.01. The monoisotopic (exact) mass is 394 g/mol. The number of aryl methyl sites for hydroxylation is 2. The predicted octanol–water partition coefficient (Wildman–Crippen LogP) is 3.11. The summed E-state index contributed by atoms with van der Waals surface area (Å²) in [7, 11) is 0. The average Bonchev–Trinajstić information content (AvgIpc) is 3.31. The summed E-state index contributed by atoms with van der Waals surface area (Å²) in [6.07, 6.45) is 11.0. The third kappa shape index (κ3) is 3.40. The van der Waals surface area contributed by atoms with Crippen LogP contribution in [0.5, 0.6) is 0 Å². The number of anilines is 1. The SMILES string of the molecule is CCC[NH+]1CCC(Nc2nc(-c3cccnc3)nc3sc4c(c23)CCC4)CC1. The first-order chi connectivity index (χ1) is 13.8. The Kier molecular flexibility index (Phi) is 4.99. The van der Waals surface area contributed by atoms with Gasteiger partial charge in [-0.25, -0.2) is 9.97 Å². The first-order valence-corrected chi connectivity index (χ1v) is 11.5. The molecule has 2 aliphatic rings. The summed E-state index contributed by atoms with van der Waals surface area (Å²) in [6, 6.07) is 4.51. The van der Waals surface area contributed by atoms with Crippen molar-refractivity contribution < 1.29 is 4.90 Å². The molecule has 3 aromatic rings. The molecule has 6 heteroatoms. The number of thiophene rings is 1. The largest absolute Gasteiger partial charge is 0.366 e. The molecule has 1 fully saturated rings. The second-order valence-corrected chi connectivity index (χ2v) is 9.18. The van der Waals surface area contributed by atoms with Gasteiger partial charge in [0.05, 0.1) is 25.0 Å². The number of hydrogen-bond acceptors (Lipinski definition) is 5. The lowest BCUT2D eigenvalue weighted by molar-refractivity contribution is -0.905. The van der Waals surface area contributed by atoms with E-state index in [0.717, 1.165) is 22.0 Å². The summed E-state index contributed by atoms with van der Waals surface area (Å²) in [6.45, 7) is 6.10. The van der Waals surface area contributed by atoms with Crippen LogP contribution >= 0.6 is 11.3 Å². The third-order valence-corrected chi connectivity index (χ3v) is 7.31. The van der Waals surface area contributed by atoms with Crippen LogP contribution in [-0.2, 0) is 12.8 Å². The van der Waals surface area contributed by atoms with Gasteiger partial charge in [-0.1, -0.05) is 6.92 Å². The van der Waals surface area contributed by atoms with Crippen molar-refractivity contribution in [3.8, 4) is 11.4 Å². The molecule has 1 aliphatic heterocycles. The molecule has 1 saturated heterocycles. The number of rotatable bonds is 5.